The molecule has 2 rings (SSSR count). The zero-order valence-corrected chi connectivity index (χ0v) is 7.75. The van der Waals surface area contributed by atoms with Crippen molar-refractivity contribution in [2.75, 3.05) is 0 Å². The molecule has 84 valence electrons. The zero-order valence-electron chi connectivity index (χ0n) is 7.75. The van der Waals surface area contributed by atoms with Gasteiger partial charge in [-0.3, -0.25) is 0 Å². The van der Waals surface area contributed by atoms with Crippen LogP contribution in [0.1, 0.15) is 5.56 Å². The van der Waals surface area contributed by atoms with Crippen LogP contribution in [-0.4, -0.2) is 4.98 Å². The molecule has 0 atom stereocenters. The lowest BCUT2D eigenvalue weighted by atomic mass is 10.1. The molecule has 16 heavy (non-hydrogen) atoms. The minimum Gasteiger partial charge on any atom is -0.444 e. The first-order valence-electron chi connectivity index (χ1n) is 4.23. The van der Waals surface area contributed by atoms with Gasteiger partial charge in [-0.2, -0.15) is 13.2 Å². The second kappa shape index (κ2) is 3.62. The Morgan fingerprint density at radius 3 is 2.44 bits per heavy atom. The minimum absolute atomic E-state index is 0.00447. The summed E-state index contributed by atoms with van der Waals surface area (Å²) in [6.45, 7) is 0. The van der Waals surface area contributed by atoms with Crippen molar-refractivity contribution in [1.29, 1.82) is 0 Å². The van der Waals surface area contributed by atoms with Crippen molar-refractivity contribution in [3.8, 4) is 11.3 Å². The lowest BCUT2D eigenvalue weighted by Gasteiger charge is -2.07. The van der Waals surface area contributed by atoms with Gasteiger partial charge in [-0.1, -0.05) is 0 Å². The maximum absolute atomic E-state index is 13.0. The van der Waals surface area contributed by atoms with Crippen LogP contribution in [0.3, 0.4) is 0 Å². The Bertz CT molecular complexity index is 490. The van der Waals surface area contributed by atoms with Gasteiger partial charge in [-0.15, -0.1) is 0 Å². The molecule has 0 aliphatic carbocycles. The molecule has 2 aromatic rings. The largest absolute Gasteiger partial charge is 0.444 e. The molecular formula is C10H5F4NO. The highest BCUT2D eigenvalue weighted by Crippen LogP contribution is 2.32. The van der Waals surface area contributed by atoms with Crippen LogP contribution in [0.25, 0.3) is 11.3 Å². The van der Waals surface area contributed by atoms with E-state index in [1.807, 2.05) is 0 Å². The van der Waals surface area contributed by atoms with E-state index >= 15 is 0 Å². The molecule has 0 fully saturated rings. The highest BCUT2D eigenvalue weighted by atomic mass is 19.4. The molecule has 1 aromatic carbocycles. The van der Waals surface area contributed by atoms with Gasteiger partial charge in [0.2, 0.25) is 0 Å². The Balaban J connectivity index is 2.53. The number of halogens is 4. The third kappa shape index (κ3) is 2.05. The zero-order chi connectivity index (χ0) is 11.8. The first-order valence-corrected chi connectivity index (χ1v) is 4.23. The van der Waals surface area contributed by atoms with Crippen molar-refractivity contribution < 1.29 is 22.0 Å². The van der Waals surface area contributed by atoms with Gasteiger partial charge in [-0.05, 0) is 18.2 Å². The van der Waals surface area contributed by atoms with Crippen LogP contribution in [-0.2, 0) is 6.18 Å². The number of hydrogen-bond acceptors (Lipinski definition) is 2. The minimum atomic E-state index is -4.59. The van der Waals surface area contributed by atoms with E-state index in [2.05, 4.69) is 4.98 Å². The maximum Gasteiger partial charge on any atom is 0.416 e. The second-order valence-corrected chi connectivity index (χ2v) is 3.09. The molecule has 2 nitrogen and oxygen atoms in total. The van der Waals surface area contributed by atoms with Crippen molar-refractivity contribution in [1.82, 2.24) is 4.98 Å². The van der Waals surface area contributed by atoms with Gasteiger partial charge in [0.15, 0.2) is 12.2 Å². The van der Waals surface area contributed by atoms with E-state index in [4.69, 9.17) is 4.42 Å². The van der Waals surface area contributed by atoms with Gasteiger partial charge in [0.05, 0.1) is 11.8 Å². The summed E-state index contributed by atoms with van der Waals surface area (Å²) in [5.74, 6) is -0.883. The van der Waals surface area contributed by atoms with Gasteiger partial charge in [0, 0.05) is 5.56 Å². The molecule has 0 aliphatic heterocycles. The van der Waals surface area contributed by atoms with Gasteiger partial charge >= 0.3 is 6.18 Å². The summed E-state index contributed by atoms with van der Waals surface area (Å²) in [4.78, 5) is 3.55. The maximum atomic E-state index is 13.0. The fourth-order valence-electron chi connectivity index (χ4n) is 1.25. The van der Waals surface area contributed by atoms with Crippen LogP contribution in [0.2, 0.25) is 0 Å². The summed E-state index contributed by atoms with van der Waals surface area (Å²) in [6, 6.07) is 2.19. The predicted molar refractivity (Wildman–Crippen MR) is 46.9 cm³/mol. The summed E-state index contributed by atoms with van der Waals surface area (Å²) in [5.41, 5.74) is -1.05. The third-order valence-electron chi connectivity index (χ3n) is 1.94. The van der Waals surface area contributed by atoms with E-state index in [1.165, 1.54) is 6.20 Å². The summed E-state index contributed by atoms with van der Waals surface area (Å²) in [5, 5.41) is 0. The molecule has 6 heteroatoms. The Labute approximate surface area is 87.5 Å². The first-order chi connectivity index (χ1) is 7.47. The molecule has 1 aromatic heterocycles. The Morgan fingerprint density at radius 2 is 1.88 bits per heavy atom. The quantitative estimate of drug-likeness (QED) is 0.702. The van der Waals surface area contributed by atoms with E-state index in [1.54, 1.807) is 0 Å². The molecule has 0 bridgehead atoms. The summed E-state index contributed by atoms with van der Waals surface area (Å²) >= 11 is 0. The molecule has 0 N–H and O–H groups in total. The highest BCUT2D eigenvalue weighted by Gasteiger charge is 2.31. The SMILES string of the molecule is Fc1cc(-c2cnco2)cc(C(F)(F)F)c1. The van der Waals surface area contributed by atoms with Gasteiger partial charge < -0.3 is 4.42 Å². The van der Waals surface area contributed by atoms with E-state index in [-0.39, 0.29) is 11.3 Å². The predicted octanol–water partition coefficient (Wildman–Crippen LogP) is 3.50. The average Bonchev–Trinajstić information content (AvgIpc) is 2.68. The van der Waals surface area contributed by atoms with Gasteiger partial charge in [0.1, 0.15) is 5.82 Å². The van der Waals surface area contributed by atoms with Crippen LogP contribution in [0.15, 0.2) is 35.2 Å². The topological polar surface area (TPSA) is 26.0 Å². The van der Waals surface area contributed by atoms with E-state index in [0.29, 0.717) is 6.07 Å². The van der Waals surface area contributed by atoms with Gasteiger partial charge in [0.25, 0.3) is 0 Å². The molecule has 0 amide bonds. The molecule has 0 saturated carbocycles. The normalized spacial score (nSPS) is 11.8. The summed E-state index contributed by atoms with van der Waals surface area (Å²) in [7, 11) is 0. The number of rotatable bonds is 1. The van der Waals surface area contributed by atoms with E-state index in [9.17, 15) is 17.6 Å². The van der Waals surface area contributed by atoms with Gasteiger partial charge in [-0.25, -0.2) is 9.37 Å². The van der Waals surface area contributed by atoms with Crippen molar-refractivity contribution >= 4 is 0 Å². The van der Waals surface area contributed by atoms with Crippen molar-refractivity contribution in [2.45, 2.75) is 6.18 Å². The average molecular weight is 231 g/mol. The lowest BCUT2D eigenvalue weighted by molar-refractivity contribution is -0.137. The fraction of sp³-hybridized carbons (Fsp3) is 0.100. The molecule has 0 aliphatic rings. The molecule has 0 spiro atoms. The second-order valence-electron chi connectivity index (χ2n) is 3.09. The Kier molecular flexibility index (Phi) is 2.41. The van der Waals surface area contributed by atoms with Crippen molar-refractivity contribution in [3.05, 3.63) is 42.2 Å². The number of aromatic nitrogens is 1. The Hall–Kier alpha value is -1.85. The first kappa shape index (κ1) is 10.7. The standard InChI is InChI=1S/C10H5F4NO/c11-8-2-6(9-4-15-5-16-9)1-7(3-8)10(12,13)14/h1-5H. The monoisotopic (exact) mass is 231 g/mol. The molecule has 0 unspecified atom stereocenters. The van der Waals surface area contributed by atoms with Crippen LogP contribution in [0, 0.1) is 5.82 Å². The van der Waals surface area contributed by atoms with E-state index < -0.39 is 17.6 Å². The van der Waals surface area contributed by atoms with Crippen molar-refractivity contribution in [3.63, 3.8) is 0 Å². The van der Waals surface area contributed by atoms with E-state index in [0.717, 1.165) is 18.5 Å². The van der Waals surface area contributed by atoms with Crippen LogP contribution in [0.4, 0.5) is 17.6 Å². The number of nitrogens with zero attached hydrogens (tertiary/aromatic N) is 1. The molecule has 0 radical (unpaired) electrons. The molecular weight excluding hydrogens is 226 g/mol. The van der Waals surface area contributed by atoms with Crippen molar-refractivity contribution in [2.24, 2.45) is 0 Å². The summed E-state index contributed by atoms with van der Waals surface area (Å²) < 4.78 is 54.9. The van der Waals surface area contributed by atoms with Crippen LogP contribution >= 0.6 is 0 Å². The number of hydrogen-bond donors (Lipinski definition) is 0. The Morgan fingerprint density at radius 1 is 1.12 bits per heavy atom. The third-order valence-corrected chi connectivity index (χ3v) is 1.94. The smallest absolute Gasteiger partial charge is 0.416 e. The molecule has 1 heterocycles. The number of alkyl halides is 3. The summed E-state index contributed by atoms with van der Waals surface area (Å²) in [6.07, 6.45) is -2.31. The number of benzene rings is 1. The number of oxazole rings is 1. The molecule has 0 saturated heterocycles. The van der Waals surface area contributed by atoms with Crippen LogP contribution in [0.5, 0.6) is 0 Å². The lowest BCUT2D eigenvalue weighted by Crippen LogP contribution is -2.05. The fourth-order valence-corrected chi connectivity index (χ4v) is 1.25. The van der Waals surface area contributed by atoms with Crippen LogP contribution < -0.4 is 0 Å². The highest BCUT2D eigenvalue weighted by molar-refractivity contribution is 5.57.